The summed E-state index contributed by atoms with van der Waals surface area (Å²) in [6.07, 6.45) is 1.43. The normalized spacial score (nSPS) is 10.8. The number of aromatic nitrogens is 3. The summed E-state index contributed by atoms with van der Waals surface area (Å²) in [6.45, 7) is 1.56. The van der Waals surface area contributed by atoms with Crippen molar-refractivity contribution in [1.29, 1.82) is 0 Å². The second-order valence-electron chi connectivity index (χ2n) is 5.53. The first-order chi connectivity index (χ1) is 12.7. The van der Waals surface area contributed by atoms with Crippen molar-refractivity contribution < 1.29 is 14.1 Å². The Hall–Kier alpha value is -3.26. The highest BCUT2D eigenvalue weighted by molar-refractivity contribution is 7.21. The predicted molar refractivity (Wildman–Crippen MR) is 98.2 cm³/mol. The zero-order valence-corrected chi connectivity index (χ0v) is 14.6. The zero-order chi connectivity index (χ0) is 17.9. The first kappa shape index (κ1) is 16.2. The summed E-state index contributed by atoms with van der Waals surface area (Å²) in [5.74, 6) is 1.000. The fourth-order valence-electron chi connectivity index (χ4n) is 2.43. The lowest BCUT2D eigenvalue weighted by Gasteiger charge is -2.05. The first-order valence-corrected chi connectivity index (χ1v) is 8.66. The van der Waals surface area contributed by atoms with Gasteiger partial charge in [0.25, 0.3) is 5.91 Å². The number of benzene rings is 1. The molecule has 26 heavy (non-hydrogen) atoms. The molecule has 8 heteroatoms. The maximum atomic E-state index is 12.0. The lowest BCUT2D eigenvalue weighted by molar-refractivity contribution is -0.118. The lowest BCUT2D eigenvalue weighted by atomic mass is 10.2. The van der Waals surface area contributed by atoms with Crippen LogP contribution in [-0.4, -0.2) is 27.6 Å². The van der Waals surface area contributed by atoms with Crippen LogP contribution in [0.4, 0.5) is 5.82 Å². The summed E-state index contributed by atoms with van der Waals surface area (Å²) in [6, 6.07) is 13.6. The van der Waals surface area contributed by atoms with E-state index in [0.29, 0.717) is 17.5 Å². The number of anilines is 1. The largest absolute Gasteiger partial charge is 0.467 e. The Labute approximate surface area is 152 Å². The summed E-state index contributed by atoms with van der Waals surface area (Å²) in [4.78, 5) is 22.3. The van der Waals surface area contributed by atoms with Crippen LogP contribution >= 0.6 is 11.3 Å². The van der Waals surface area contributed by atoms with Crippen molar-refractivity contribution in [2.45, 2.75) is 6.92 Å². The van der Waals surface area contributed by atoms with Crippen LogP contribution in [0, 0.1) is 6.92 Å². The Morgan fingerprint density at radius 3 is 2.85 bits per heavy atom. The molecule has 0 bridgehead atoms. The number of amides is 1. The third kappa shape index (κ3) is 3.40. The van der Waals surface area contributed by atoms with Crippen molar-refractivity contribution in [3.63, 3.8) is 0 Å². The molecule has 0 atom stereocenters. The van der Waals surface area contributed by atoms with Crippen LogP contribution in [0.3, 0.4) is 0 Å². The zero-order valence-electron chi connectivity index (χ0n) is 13.8. The van der Waals surface area contributed by atoms with Crippen molar-refractivity contribution in [3.05, 3.63) is 54.6 Å². The molecule has 0 saturated heterocycles. The summed E-state index contributed by atoms with van der Waals surface area (Å²) >= 11 is 1.55. The molecule has 1 N–H and O–H groups in total. The summed E-state index contributed by atoms with van der Waals surface area (Å²) in [5, 5.41) is 7.09. The molecule has 0 aliphatic rings. The predicted octanol–water partition coefficient (Wildman–Crippen LogP) is 3.67. The first-order valence-electron chi connectivity index (χ1n) is 7.85. The maximum Gasteiger partial charge on any atom is 0.263 e. The minimum Gasteiger partial charge on any atom is -0.467 e. The van der Waals surface area contributed by atoms with E-state index in [2.05, 4.69) is 20.4 Å². The average Bonchev–Trinajstić information content (AvgIpc) is 3.27. The number of carbonyl (C=O) groups is 1. The summed E-state index contributed by atoms with van der Waals surface area (Å²) in [7, 11) is 0. The van der Waals surface area contributed by atoms with E-state index in [1.165, 1.54) is 6.33 Å². The van der Waals surface area contributed by atoms with E-state index in [4.69, 9.17) is 9.26 Å². The molecule has 7 nitrogen and oxygen atoms in total. The van der Waals surface area contributed by atoms with Crippen LogP contribution in [0.5, 0.6) is 5.88 Å². The van der Waals surface area contributed by atoms with E-state index >= 15 is 0 Å². The van der Waals surface area contributed by atoms with Crippen molar-refractivity contribution in [2.75, 3.05) is 11.9 Å². The van der Waals surface area contributed by atoms with Gasteiger partial charge in [-0.05, 0) is 18.6 Å². The molecule has 3 heterocycles. The van der Waals surface area contributed by atoms with Crippen LogP contribution in [0.15, 0.2) is 53.3 Å². The van der Waals surface area contributed by atoms with Crippen LogP contribution in [-0.2, 0) is 4.79 Å². The summed E-state index contributed by atoms with van der Waals surface area (Å²) < 4.78 is 10.5. The Kier molecular flexibility index (Phi) is 4.32. The SMILES string of the molecule is Cc1cc(NC(=O)COc2ncnc3sc(-c4ccccc4)cc23)no1. The highest BCUT2D eigenvalue weighted by Gasteiger charge is 2.13. The number of carbonyl (C=O) groups excluding carboxylic acids is 1. The quantitative estimate of drug-likeness (QED) is 0.579. The number of nitrogens with one attached hydrogen (secondary N) is 1. The Morgan fingerprint density at radius 1 is 1.23 bits per heavy atom. The minimum atomic E-state index is -0.344. The van der Waals surface area contributed by atoms with Gasteiger partial charge in [-0.15, -0.1) is 11.3 Å². The molecule has 4 rings (SSSR count). The Morgan fingerprint density at radius 2 is 2.08 bits per heavy atom. The van der Waals surface area contributed by atoms with E-state index in [1.807, 2.05) is 36.4 Å². The van der Waals surface area contributed by atoms with Crippen LogP contribution in [0.2, 0.25) is 0 Å². The van der Waals surface area contributed by atoms with Gasteiger partial charge in [0.05, 0.1) is 5.39 Å². The van der Waals surface area contributed by atoms with Gasteiger partial charge in [0, 0.05) is 10.9 Å². The molecule has 130 valence electrons. The van der Waals surface area contributed by atoms with Gasteiger partial charge in [-0.3, -0.25) is 4.79 Å². The second-order valence-corrected chi connectivity index (χ2v) is 6.56. The minimum absolute atomic E-state index is 0.186. The monoisotopic (exact) mass is 366 g/mol. The number of fused-ring (bicyclic) bond motifs is 1. The van der Waals surface area contributed by atoms with Crippen LogP contribution < -0.4 is 10.1 Å². The number of hydrogen-bond acceptors (Lipinski definition) is 7. The molecule has 0 aliphatic heterocycles. The van der Waals surface area contributed by atoms with Gasteiger partial charge in [-0.25, -0.2) is 9.97 Å². The molecule has 1 amide bonds. The van der Waals surface area contributed by atoms with Crippen molar-refractivity contribution in [2.24, 2.45) is 0 Å². The Balaban J connectivity index is 1.51. The molecule has 1 aromatic carbocycles. The Bertz CT molecular complexity index is 1060. The molecule has 0 radical (unpaired) electrons. The number of ether oxygens (including phenoxy) is 1. The van der Waals surface area contributed by atoms with Gasteiger partial charge < -0.3 is 14.6 Å². The van der Waals surface area contributed by atoms with Gasteiger partial charge in [0.15, 0.2) is 12.4 Å². The third-order valence-corrected chi connectivity index (χ3v) is 4.68. The number of nitrogens with zero attached hydrogens (tertiary/aromatic N) is 3. The van der Waals surface area contributed by atoms with Gasteiger partial charge in [-0.2, -0.15) is 0 Å². The topological polar surface area (TPSA) is 90.1 Å². The van der Waals surface area contributed by atoms with Crippen molar-refractivity contribution in [3.8, 4) is 16.3 Å². The average molecular weight is 366 g/mol. The van der Waals surface area contributed by atoms with E-state index in [9.17, 15) is 4.79 Å². The number of hydrogen-bond donors (Lipinski definition) is 1. The number of aryl methyl sites for hydroxylation is 1. The van der Waals surface area contributed by atoms with Gasteiger partial charge in [0.2, 0.25) is 5.88 Å². The van der Waals surface area contributed by atoms with Crippen LogP contribution in [0.1, 0.15) is 5.76 Å². The van der Waals surface area contributed by atoms with E-state index < -0.39 is 0 Å². The van der Waals surface area contributed by atoms with Crippen molar-refractivity contribution >= 4 is 33.3 Å². The maximum absolute atomic E-state index is 12.0. The standard InChI is InChI=1S/C18H14N4O3S/c1-11-7-15(22-25-11)21-16(23)9-24-17-13-8-14(12-5-3-2-4-6-12)26-18(13)20-10-19-17/h2-8,10H,9H2,1H3,(H,21,22,23). The lowest BCUT2D eigenvalue weighted by Crippen LogP contribution is -2.20. The molecule has 3 aromatic heterocycles. The molecule has 0 fully saturated rings. The number of rotatable bonds is 5. The van der Waals surface area contributed by atoms with E-state index in [0.717, 1.165) is 20.7 Å². The molecular formula is C18H14N4O3S. The van der Waals surface area contributed by atoms with Gasteiger partial charge in [0.1, 0.15) is 16.9 Å². The number of thiophene rings is 1. The summed E-state index contributed by atoms with van der Waals surface area (Å²) in [5.41, 5.74) is 1.10. The molecule has 0 saturated carbocycles. The van der Waals surface area contributed by atoms with Gasteiger partial charge >= 0.3 is 0 Å². The van der Waals surface area contributed by atoms with Crippen molar-refractivity contribution in [1.82, 2.24) is 15.1 Å². The fraction of sp³-hybridized carbons (Fsp3) is 0.111. The van der Waals surface area contributed by atoms with E-state index in [1.54, 1.807) is 24.3 Å². The molecule has 0 unspecified atom stereocenters. The van der Waals surface area contributed by atoms with E-state index in [-0.39, 0.29) is 12.5 Å². The fourth-order valence-corrected chi connectivity index (χ4v) is 3.43. The van der Waals surface area contributed by atoms with Gasteiger partial charge in [-0.1, -0.05) is 35.5 Å². The highest BCUT2D eigenvalue weighted by atomic mass is 32.1. The second kappa shape index (κ2) is 6.93. The highest BCUT2D eigenvalue weighted by Crippen LogP contribution is 2.35. The smallest absolute Gasteiger partial charge is 0.263 e. The van der Waals surface area contributed by atoms with Crippen LogP contribution in [0.25, 0.3) is 20.7 Å². The molecule has 4 aromatic rings. The molecular weight excluding hydrogens is 352 g/mol. The molecule has 0 spiro atoms. The molecule has 0 aliphatic carbocycles. The third-order valence-electron chi connectivity index (χ3n) is 3.59.